The van der Waals surface area contributed by atoms with E-state index in [1.54, 1.807) is 11.6 Å². The van der Waals surface area contributed by atoms with Gasteiger partial charge in [-0.2, -0.15) is 4.98 Å². The Morgan fingerprint density at radius 2 is 1.74 bits per heavy atom. The van der Waals surface area contributed by atoms with Crippen molar-refractivity contribution in [3.8, 4) is 0 Å². The second kappa shape index (κ2) is 8.15. The summed E-state index contributed by atoms with van der Waals surface area (Å²) in [7, 11) is 1.73. The number of hydrogen-bond acceptors (Lipinski definition) is 4. The third-order valence-corrected chi connectivity index (χ3v) is 7.70. The van der Waals surface area contributed by atoms with Gasteiger partial charge in [-0.05, 0) is 35.1 Å². The van der Waals surface area contributed by atoms with E-state index in [4.69, 9.17) is 4.98 Å². The second-order valence-corrected chi connectivity index (χ2v) is 10.1. The monoisotopic (exact) mass is 457 g/mol. The fraction of sp³-hybridized carbons (Fsp3) is 0.444. The number of aromatic nitrogens is 4. The molecular weight excluding hydrogens is 426 g/mol. The minimum Gasteiger partial charge on any atom is -0.339 e. The molecule has 1 aliphatic carbocycles. The maximum atomic E-state index is 13.8. The first-order valence-electron chi connectivity index (χ1n) is 12.5. The molecule has 0 bridgehead atoms. The lowest BCUT2D eigenvalue weighted by molar-refractivity contribution is 0.354. The van der Waals surface area contributed by atoms with E-state index in [2.05, 4.69) is 28.5 Å². The minimum atomic E-state index is -0.321. The molecule has 176 valence electrons. The topological polar surface area (TPSA) is 65.1 Å². The maximum absolute atomic E-state index is 13.8. The lowest BCUT2D eigenvalue weighted by Crippen LogP contribution is -2.45. The molecule has 1 saturated carbocycles. The molecule has 4 aromatic rings. The number of hydrogen-bond donors (Lipinski definition) is 0. The molecule has 7 heteroatoms. The number of benzene rings is 2. The van der Waals surface area contributed by atoms with Gasteiger partial charge >= 0.3 is 5.69 Å². The van der Waals surface area contributed by atoms with E-state index in [1.165, 1.54) is 36.7 Å². The lowest BCUT2D eigenvalue weighted by Gasteiger charge is -2.40. The molecule has 1 atom stereocenters. The minimum absolute atomic E-state index is 0.241. The summed E-state index contributed by atoms with van der Waals surface area (Å²) in [5.74, 6) is 1.27. The summed E-state index contributed by atoms with van der Waals surface area (Å²) in [5.41, 5.74) is 1.44. The summed E-state index contributed by atoms with van der Waals surface area (Å²) >= 11 is 0. The van der Waals surface area contributed by atoms with Crippen LogP contribution in [0, 0.1) is 5.92 Å². The standard InChI is InChI=1S/C27H31N5O2/c1-18-15-30(21-12-4-3-5-13-21)26-28-24-23(31(26)16-18)25(33)32(27(34)29(24)2)17-20-11-8-10-19-9-6-7-14-22(19)20/h6-11,14,18,21H,3-5,12-13,15-17H2,1-2H3. The third-order valence-electron chi connectivity index (χ3n) is 7.70. The van der Waals surface area contributed by atoms with Crippen LogP contribution < -0.4 is 16.1 Å². The number of fused-ring (bicyclic) bond motifs is 4. The van der Waals surface area contributed by atoms with Crippen molar-refractivity contribution in [3.63, 3.8) is 0 Å². The Hall–Kier alpha value is -3.35. The molecule has 2 aromatic carbocycles. The summed E-state index contributed by atoms with van der Waals surface area (Å²) < 4.78 is 5.01. The molecule has 0 spiro atoms. The highest BCUT2D eigenvalue weighted by molar-refractivity contribution is 5.85. The number of aryl methyl sites for hydroxylation is 1. The van der Waals surface area contributed by atoms with Gasteiger partial charge in [0.2, 0.25) is 5.95 Å². The quantitative estimate of drug-likeness (QED) is 0.468. The second-order valence-electron chi connectivity index (χ2n) is 10.1. The average Bonchev–Trinajstić information content (AvgIpc) is 3.25. The molecule has 3 heterocycles. The number of imidazole rings is 1. The number of rotatable bonds is 3. The van der Waals surface area contributed by atoms with Gasteiger partial charge in [-0.25, -0.2) is 4.79 Å². The van der Waals surface area contributed by atoms with Crippen molar-refractivity contribution in [1.29, 1.82) is 0 Å². The van der Waals surface area contributed by atoms with E-state index >= 15 is 0 Å². The van der Waals surface area contributed by atoms with Crippen LogP contribution in [0.1, 0.15) is 44.6 Å². The average molecular weight is 458 g/mol. The smallest absolute Gasteiger partial charge is 0.332 e. The van der Waals surface area contributed by atoms with E-state index in [-0.39, 0.29) is 17.8 Å². The van der Waals surface area contributed by atoms with Crippen LogP contribution in [0.15, 0.2) is 52.1 Å². The predicted octanol–water partition coefficient (Wildman–Crippen LogP) is 3.89. The molecule has 1 aliphatic heterocycles. The summed E-state index contributed by atoms with van der Waals surface area (Å²) in [6, 6.07) is 14.6. The van der Waals surface area contributed by atoms with E-state index in [9.17, 15) is 9.59 Å². The van der Waals surface area contributed by atoms with Gasteiger partial charge in [0.15, 0.2) is 11.2 Å². The molecule has 0 saturated heterocycles. The van der Waals surface area contributed by atoms with Gasteiger partial charge in [-0.15, -0.1) is 0 Å². The van der Waals surface area contributed by atoms with Gasteiger partial charge in [-0.1, -0.05) is 68.7 Å². The first-order chi connectivity index (χ1) is 16.5. The Labute approximate surface area is 198 Å². The zero-order valence-electron chi connectivity index (χ0n) is 19.9. The highest BCUT2D eigenvalue weighted by atomic mass is 16.2. The van der Waals surface area contributed by atoms with Crippen LogP contribution in [-0.2, 0) is 20.1 Å². The molecule has 0 amide bonds. The first-order valence-corrected chi connectivity index (χ1v) is 12.5. The Bertz CT molecular complexity index is 1500. The molecule has 7 nitrogen and oxygen atoms in total. The van der Waals surface area contributed by atoms with Crippen LogP contribution in [0.4, 0.5) is 5.95 Å². The van der Waals surface area contributed by atoms with Gasteiger partial charge in [-0.3, -0.25) is 13.9 Å². The van der Waals surface area contributed by atoms with Crippen molar-refractivity contribution in [3.05, 3.63) is 68.9 Å². The summed E-state index contributed by atoms with van der Waals surface area (Å²) in [6.07, 6.45) is 6.11. The highest BCUT2D eigenvalue weighted by Crippen LogP contribution is 2.33. The largest absolute Gasteiger partial charge is 0.339 e. The molecule has 2 aliphatic rings. The zero-order chi connectivity index (χ0) is 23.4. The van der Waals surface area contributed by atoms with Crippen LogP contribution in [0.25, 0.3) is 21.9 Å². The van der Waals surface area contributed by atoms with E-state index in [0.717, 1.165) is 35.4 Å². The third kappa shape index (κ3) is 3.29. The van der Waals surface area contributed by atoms with Gasteiger partial charge in [0.05, 0.1) is 6.54 Å². The van der Waals surface area contributed by atoms with Gasteiger partial charge in [0.25, 0.3) is 5.56 Å². The van der Waals surface area contributed by atoms with Crippen molar-refractivity contribution >= 4 is 27.9 Å². The molecule has 1 unspecified atom stereocenters. The van der Waals surface area contributed by atoms with Crippen LogP contribution in [0.5, 0.6) is 0 Å². The molecule has 2 aromatic heterocycles. The Balaban J connectivity index is 1.52. The summed E-state index contributed by atoms with van der Waals surface area (Å²) in [5, 5.41) is 2.16. The van der Waals surface area contributed by atoms with Crippen molar-refractivity contribution in [2.75, 3.05) is 11.4 Å². The van der Waals surface area contributed by atoms with E-state index in [1.807, 2.05) is 30.3 Å². The Kier molecular flexibility index (Phi) is 5.08. The number of anilines is 1. The summed E-state index contributed by atoms with van der Waals surface area (Å²) in [6.45, 7) is 4.18. The highest BCUT2D eigenvalue weighted by Gasteiger charge is 2.33. The van der Waals surface area contributed by atoms with E-state index < -0.39 is 0 Å². The normalized spacial score (nSPS) is 19.1. The molecule has 0 radical (unpaired) electrons. The van der Waals surface area contributed by atoms with Crippen LogP contribution in [0.2, 0.25) is 0 Å². The SMILES string of the molecule is CC1CN(C2CCCCC2)c2nc3c(c(=O)n(Cc4cccc5ccccc45)c(=O)n3C)n2C1. The zero-order valence-corrected chi connectivity index (χ0v) is 19.9. The molecular formula is C27H31N5O2. The Morgan fingerprint density at radius 1 is 0.971 bits per heavy atom. The molecule has 1 fully saturated rings. The van der Waals surface area contributed by atoms with Gasteiger partial charge in [0, 0.05) is 26.2 Å². The van der Waals surface area contributed by atoms with Gasteiger partial charge < -0.3 is 9.47 Å². The van der Waals surface area contributed by atoms with Crippen molar-refractivity contribution < 1.29 is 0 Å². The van der Waals surface area contributed by atoms with Crippen LogP contribution >= 0.6 is 0 Å². The van der Waals surface area contributed by atoms with Crippen LogP contribution in [-0.4, -0.2) is 31.3 Å². The molecule has 0 N–H and O–H groups in total. The first kappa shape index (κ1) is 21.2. The lowest BCUT2D eigenvalue weighted by atomic mass is 9.93. The van der Waals surface area contributed by atoms with Crippen molar-refractivity contribution in [2.24, 2.45) is 13.0 Å². The maximum Gasteiger partial charge on any atom is 0.332 e. The fourth-order valence-electron chi connectivity index (χ4n) is 5.98. The molecule has 34 heavy (non-hydrogen) atoms. The predicted molar refractivity (Wildman–Crippen MR) is 136 cm³/mol. The van der Waals surface area contributed by atoms with E-state index in [0.29, 0.717) is 23.1 Å². The number of nitrogens with zero attached hydrogens (tertiary/aromatic N) is 5. The fourth-order valence-corrected chi connectivity index (χ4v) is 5.98. The van der Waals surface area contributed by atoms with Crippen LogP contribution in [0.3, 0.4) is 0 Å². The summed E-state index contributed by atoms with van der Waals surface area (Å²) in [4.78, 5) is 34.5. The van der Waals surface area contributed by atoms with Crippen molar-refractivity contribution in [1.82, 2.24) is 18.7 Å². The molecule has 6 rings (SSSR count). The Morgan fingerprint density at radius 3 is 2.56 bits per heavy atom. The van der Waals surface area contributed by atoms with Gasteiger partial charge in [0.1, 0.15) is 0 Å². The van der Waals surface area contributed by atoms with Crippen molar-refractivity contribution in [2.45, 2.75) is 58.2 Å².